The summed E-state index contributed by atoms with van der Waals surface area (Å²) in [4.78, 5) is 0. The molecular weight excluding hydrogens is 224 g/mol. The van der Waals surface area contributed by atoms with E-state index in [1.807, 2.05) is 0 Å². The molecule has 2 N–H and O–H groups in total. The molecule has 3 heteroatoms. The van der Waals surface area contributed by atoms with Gasteiger partial charge in [0.1, 0.15) is 0 Å². The minimum Gasteiger partial charge on any atom is -0.374 e. The van der Waals surface area contributed by atoms with Crippen molar-refractivity contribution in [2.24, 2.45) is 0 Å². The van der Waals surface area contributed by atoms with Crippen molar-refractivity contribution in [3.05, 3.63) is 34.9 Å². The monoisotopic (exact) mass is 248 g/mol. The van der Waals surface area contributed by atoms with Gasteiger partial charge in [-0.3, -0.25) is 0 Å². The van der Waals surface area contributed by atoms with Crippen molar-refractivity contribution in [2.75, 3.05) is 32.8 Å². The third kappa shape index (κ3) is 4.09. The highest BCUT2D eigenvalue weighted by atomic mass is 16.5. The molecule has 1 unspecified atom stereocenters. The van der Waals surface area contributed by atoms with Crippen LogP contribution in [0.3, 0.4) is 0 Å². The number of rotatable bonds is 5. The maximum atomic E-state index is 5.64. The van der Waals surface area contributed by atoms with Crippen LogP contribution in [0.15, 0.2) is 18.2 Å². The molecule has 18 heavy (non-hydrogen) atoms. The van der Waals surface area contributed by atoms with E-state index >= 15 is 0 Å². The summed E-state index contributed by atoms with van der Waals surface area (Å²) in [5.41, 5.74) is 4.16. The summed E-state index contributed by atoms with van der Waals surface area (Å²) < 4.78 is 5.64. The van der Waals surface area contributed by atoms with Crippen LogP contribution in [0.25, 0.3) is 0 Å². The van der Waals surface area contributed by atoms with Crippen molar-refractivity contribution in [1.29, 1.82) is 0 Å². The molecule has 1 atom stereocenters. The number of hydrogen-bond donors (Lipinski definition) is 2. The van der Waals surface area contributed by atoms with E-state index in [2.05, 4.69) is 42.7 Å². The topological polar surface area (TPSA) is 33.3 Å². The van der Waals surface area contributed by atoms with Gasteiger partial charge >= 0.3 is 0 Å². The number of nitrogens with one attached hydrogen (secondary N) is 2. The minimum absolute atomic E-state index is 0.332. The van der Waals surface area contributed by atoms with Gasteiger partial charge in [-0.15, -0.1) is 0 Å². The summed E-state index contributed by atoms with van der Waals surface area (Å²) in [7, 11) is 0. The fourth-order valence-electron chi connectivity index (χ4n) is 2.21. The first-order valence-electron chi connectivity index (χ1n) is 6.85. The highest BCUT2D eigenvalue weighted by molar-refractivity contribution is 5.29. The highest BCUT2D eigenvalue weighted by Crippen LogP contribution is 2.09. The lowest BCUT2D eigenvalue weighted by molar-refractivity contribution is 0.0294. The number of morpholine rings is 1. The van der Waals surface area contributed by atoms with Gasteiger partial charge in [0.05, 0.1) is 12.7 Å². The van der Waals surface area contributed by atoms with Crippen molar-refractivity contribution in [1.82, 2.24) is 10.6 Å². The number of hydrogen-bond acceptors (Lipinski definition) is 3. The van der Waals surface area contributed by atoms with E-state index in [4.69, 9.17) is 4.74 Å². The molecule has 2 rings (SSSR count). The van der Waals surface area contributed by atoms with Gasteiger partial charge in [-0.25, -0.2) is 0 Å². The molecule has 0 amide bonds. The quantitative estimate of drug-likeness (QED) is 0.773. The first-order chi connectivity index (χ1) is 8.75. The normalized spacial score (nSPS) is 20.0. The van der Waals surface area contributed by atoms with Crippen molar-refractivity contribution < 1.29 is 4.74 Å². The van der Waals surface area contributed by atoms with Crippen molar-refractivity contribution in [2.45, 2.75) is 26.4 Å². The van der Waals surface area contributed by atoms with Gasteiger partial charge in [0.15, 0.2) is 0 Å². The predicted octanol–water partition coefficient (Wildman–Crippen LogP) is 1.42. The summed E-state index contributed by atoms with van der Waals surface area (Å²) in [5, 5.41) is 6.81. The molecule has 0 bridgehead atoms. The maximum Gasteiger partial charge on any atom is 0.0824 e. The molecule has 3 nitrogen and oxygen atoms in total. The van der Waals surface area contributed by atoms with Crippen LogP contribution in [0.2, 0.25) is 0 Å². The van der Waals surface area contributed by atoms with Crippen molar-refractivity contribution >= 4 is 0 Å². The van der Waals surface area contributed by atoms with Crippen LogP contribution in [0.4, 0.5) is 0 Å². The molecule has 1 aromatic rings. The van der Waals surface area contributed by atoms with E-state index in [1.165, 1.54) is 16.7 Å². The molecule has 0 spiro atoms. The highest BCUT2D eigenvalue weighted by Gasteiger charge is 2.11. The van der Waals surface area contributed by atoms with Crippen molar-refractivity contribution in [3.63, 3.8) is 0 Å². The molecule has 1 heterocycles. The predicted molar refractivity (Wildman–Crippen MR) is 75.1 cm³/mol. The maximum absolute atomic E-state index is 5.64. The Balaban J connectivity index is 1.66. The Hall–Kier alpha value is -0.900. The first-order valence-corrected chi connectivity index (χ1v) is 6.85. The summed E-state index contributed by atoms with van der Waals surface area (Å²) >= 11 is 0. The van der Waals surface area contributed by atoms with Gasteiger partial charge < -0.3 is 15.4 Å². The lowest BCUT2D eigenvalue weighted by Crippen LogP contribution is -2.44. The summed E-state index contributed by atoms with van der Waals surface area (Å²) in [6.07, 6.45) is 1.42. The van der Waals surface area contributed by atoms with Gasteiger partial charge in [-0.05, 0) is 43.5 Å². The minimum atomic E-state index is 0.332. The fraction of sp³-hybridized carbons (Fsp3) is 0.600. The molecule has 0 radical (unpaired) electrons. The van der Waals surface area contributed by atoms with Crippen LogP contribution in [0.1, 0.15) is 16.7 Å². The molecule has 100 valence electrons. The average molecular weight is 248 g/mol. The van der Waals surface area contributed by atoms with E-state index in [0.717, 1.165) is 39.2 Å². The molecule has 1 aliphatic heterocycles. The summed E-state index contributed by atoms with van der Waals surface area (Å²) in [6.45, 7) is 9.08. The zero-order valence-corrected chi connectivity index (χ0v) is 11.5. The van der Waals surface area contributed by atoms with Gasteiger partial charge in [-0.2, -0.15) is 0 Å². The van der Waals surface area contributed by atoms with Crippen LogP contribution in [-0.2, 0) is 11.2 Å². The zero-order chi connectivity index (χ0) is 12.8. The Kier molecular flexibility index (Phi) is 5.17. The van der Waals surface area contributed by atoms with Crippen LogP contribution >= 0.6 is 0 Å². The second-order valence-corrected chi connectivity index (χ2v) is 5.07. The Bertz CT molecular complexity index is 373. The smallest absolute Gasteiger partial charge is 0.0824 e. The van der Waals surface area contributed by atoms with Gasteiger partial charge in [0, 0.05) is 19.6 Å². The lowest BCUT2D eigenvalue weighted by Gasteiger charge is -2.23. The second-order valence-electron chi connectivity index (χ2n) is 5.07. The van der Waals surface area contributed by atoms with E-state index in [9.17, 15) is 0 Å². The molecule has 1 aliphatic rings. The molecule has 0 saturated carbocycles. The lowest BCUT2D eigenvalue weighted by atomic mass is 10.0. The van der Waals surface area contributed by atoms with Gasteiger partial charge in [0.25, 0.3) is 0 Å². The third-order valence-corrected chi connectivity index (χ3v) is 3.54. The van der Waals surface area contributed by atoms with Gasteiger partial charge in [-0.1, -0.05) is 18.2 Å². The van der Waals surface area contributed by atoms with E-state index in [-0.39, 0.29) is 0 Å². The molecule has 1 aromatic carbocycles. The molecule has 0 aliphatic carbocycles. The van der Waals surface area contributed by atoms with Gasteiger partial charge in [0.2, 0.25) is 0 Å². The third-order valence-electron chi connectivity index (χ3n) is 3.54. The number of benzene rings is 1. The Labute approximate surface area is 110 Å². The van der Waals surface area contributed by atoms with E-state index in [0.29, 0.717) is 6.10 Å². The first kappa shape index (κ1) is 13.5. The standard InChI is InChI=1S/C15H24N2O/c1-12-3-4-14(9-13(12)2)5-6-16-10-15-11-17-7-8-18-15/h3-4,9,15-17H,5-8,10-11H2,1-2H3. The van der Waals surface area contributed by atoms with Crippen LogP contribution in [0.5, 0.6) is 0 Å². The van der Waals surface area contributed by atoms with Crippen LogP contribution in [0, 0.1) is 13.8 Å². The Morgan fingerprint density at radius 2 is 2.22 bits per heavy atom. The van der Waals surface area contributed by atoms with Crippen molar-refractivity contribution in [3.8, 4) is 0 Å². The SMILES string of the molecule is Cc1ccc(CCNCC2CNCCO2)cc1C. The average Bonchev–Trinajstić information content (AvgIpc) is 2.40. The van der Waals surface area contributed by atoms with Crippen LogP contribution < -0.4 is 10.6 Å². The summed E-state index contributed by atoms with van der Waals surface area (Å²) in [5.74, 6) is 0. The molecule has 0 aromatic heterocycles. The molecular formula is C15H24N2O. The molecule has 1 saturated heterocycles. The Morgan fingerprint density at radius 1 is 1.33 bits per heavy atom. The largest absolute Gasteiger partial charge is 0.374 e. The zero-order valence-electron chi connectivity index (χ0n) is 11.5. The summed E-state index contributed by atoms with van der Waals surface area (Å²) in [6, 6.07) is 6.72. The van der Waals surface area contributed by atoms with E-state index < -0.39 is 0 Å². The molecule has 1 fully saturated rings. The Morgan fingerprint density at radius 3 is 2.94 bits per heavy atom. The second kappa shape index (κ2) is 6.88. The number of aryl methyl sites for hydroxylation is 2. The van der Waals surface area contributed by atoms with E-state index in [1.54, 1.807) is 0 Å². The van der Waals surface area contributed by atoms with Crippen LogP contribution in [-0.4, -0.2) is 38.9 Å². The number of ether oxygens (including phenoxy) is 1. The fourth-order valence-corrected chi connectivity index (χ4v) is 2.21.